The summed E-state index contributed by atoms with van der Waals surface area (Å²) in [7, 11) is 1.15. The molecule has 0 saturated heterocycles. The van der Waals surface area contributed by atoms with Crippen molar-refractivity contribution in [2.45, 2.75) is 51.4 Å². The second-order valence-corrected chi connectivity index (χ2v) is 9.21. The van der Waals surface area contributed by atoms with Gasteiger partial charge in [0.25, 0.3) is 0 Å². The highest BCUT2D eigenvalue weighted by Gasteiger charge is 2.35. The predicted molar refractivity (Wildman–Crippen MR) is 121 cm³/mol. The van der Waals surface area contributed by atoms with E-state index in [1.165, 1.54) is 31.4 Å². The van der Waals surface area contributed by atoms with Crippen LogP contribution in [-0.2, 0) is 0 Å². The Kier molecular flexibility index (Phi) is 7.12. The third-order valence-electron chi connectivity index (χ3n) is 7.19. The van der Waals surface area contributed by atoms with Gasteiger partial charge in [0.15, 0.2) is 17.4 Å². The van der Waals surface area contributed by atoms with Gasteiger partial charge in [-0.15, -0.1) is 0 Å². The van der Waals surface area contributed by atoms with E-state index in [9.17, 15) is 17.6 Å². The molecule has 0 N–H and O–H groups in total. The van der Waals surface area contributed by atoms with Gasteiger partial charge in [0.1, 0.15) is 11.6 Å². The van der Waals surface area contributed by atoms with Gasteiger partial charge in [-0.1, -0.05) is 24.0 Å². The van der Waals surface area contributed by atoms with Crippen molar-refractivity contribution >= 4 is 0 Å². The molecule has 2 saturated carbocycles. The molecule has 0 radical (unpaired) electrons. The average Bonchev–Trinajstić information content (AvgIpc) is 2.78. The van der Waals surface area contributed by atoms with Crippen LogP contribution >= 0.6 is 0 Å². The predicted octanol–water partition coefficient (Wildman–Crippen LogP) is 7.53. The van der Waals surface area contributed by atoms with E-state index in [1.807, 2.05) is 0 Å². The Morgan fingerprint density at radius 2 is 1.45 bits per heavy atom. The molecule has 2 aromatic rings. The smallest absolute Gasteiger partial charge is 0.190 e. The second kappa shape index (κ2) is 10.0. The van der Waals surface area contributed by atoms with Crippen LogP contribution in [0.3, 0.4) is 0 Å². The zero-order valence-corrected chi connectivity index (χ0v) is 18.9. The number of hydrogen-bond acceptors (Lipinski definition) is 1. The molecular weight excluding hydrogens is 428 g/mol. The summed E-state index contributed by atoms with van der Waals surface area (Å²) in [6.45, 7) is 2.06. The first-order valence-corrected chi connectivity index (χ1v) is 11.6. The molecule has 4 rings (SSSR count). The summed E-state index contributed by atoms with van der Waals surface area (Å²) in [5.41, 5.74) is 0.252. The van der Waals surface area contributed by atoms with Crippen molar-refractivity contribution in [3.63, 3.8) is 0 Å². The largest absolute Gasteiger partial charge is 0.491 e. The van der Waals surface area contributed by atoms with E-state index in [0.717, 1.165) is 38.5 Å². The molecule has 2 fully saturated rings. The van der Waals surface area contributed by atoms with Gasteiger partial charge < -0.3 is 4.74 Å². The second-order valence-electron chi connectivity index (χ2n) is 9.21. The summed E-state index contributed by atoms with van der Waals surface area (Å²) in [5.74, 6) is 3.10. The molecule has 2 aromatic carbocycles. The minimum Gasteiger partial charge on any atom is -0.491 e. The van der Waals surface area contributed by atoms with E-state index in [2.05, 4.69) is 35.7 Å². The number of halogens is 4. The number of ether oxygens (including phenoxy) is 1. The Labute approximate surface area is 192 Å². The SMILES string of the molecule is C/C=C/C1CCC2CC(c3cc(F)c(C#Cc4cc(F)c(OC)c(F)c4)c(F)c3)CCC2C1. The van der Waals surface area contributed by atoms with E-state index < -0.39 is 34.6 Å². The molecule has 4 atom stereocenters. The molecule has 0 amide bonds. The Morgan fingerprint density at radius 1 is 0.818 bits per heavy atom. The van der Waals surface area contributed by atoms with Crippen LogP contribution in [0, 0.1) is 52.9 Å². The topological polar surface area (TPSA) is 9.23 Å². The van der Waals surface area contributed by atoms with E-state index in [4.69, 9.17) is 0 Å². The molecule has 2 aliphatic carbocycles. The highest BCUT2D eigenvalue weighted by Crippen LogP contribution is 2.48. The summed E-state index contributed by atoms with van der Waals surface area (Å²) in [6.07, 6.45) is 11.0. The average molecular weight is 457 g/mol. The van der Waals surface area contributed by atoms with Gasteiger partial charge in [-0.25, -0.2) is 17.6 Å². The van der Waals surface area contributed by atoms with Crippen LogP contribution in [0.1, 0.15) is 68.1 Å². The van der Waals surface area contributed by atoms with Gasteiger partial charge in [-0.05, 0) is 98.9 Å². The van der Waals surface area contributed by atoms with Gasteiger partial charge in [0.05, 0.1) is 12.7 Å². The van der Waals surface area contributed by atoms with Gasteiger partial charge in [-0.3, -0.25) is 0 Å². The van der Waals surface area contributed by atoms with Crippen molar-refractivity contribution in [2.75, 3.05) is 7.11 Å². The van der Waals surface area contributed by atoms with Gasteiger partial charge in [0.2, 0.25) is 0 Å². The summed E-state index contributed by atoms with van der Waals surface area (Å²) in [6, 6.07) is 4.70. The van der Waals surface area contributed by atoms with Crippen molar-refractivity contribution in [3.05, 3.63) is 76.4 Å². The first-order chi connectivity index (χ1) is 15.9. The number of methoxy groups -OCH3 is 1. The van der Waals surface area contributed by atoms with Crippen LogP contribution in [-0.4, -0.2) is 7.11 Å². The quantitative estimate of drug-likeness (QED) is 0.264. The van der Waals surface area contributed by atoms with E-state index >= 15 is 0 Å². The molecule has 5 heteroatoms. The maximum absolute atomic E-state index is 14.8. The third kappa shape index (κ3) is 5.11. The van der Waals surface area contributed by atoms with Gasteiger partial charge >= 0.3 is 0 Å². The van der Waals surface area contributed by atoms with Crippen molar-refractivity contribution in [1.29, 1.82) is 0 Å². The van der Waals surface area contributed by atoms with E-state index in [1.54, 1.807) is 0 Å². The molecule has 0 heterocycles. The monoisotopic (exact) mass is 456 g/mol. The standard InChI is InChI=1S/C28H28F4O/c1-3-4-17-5-7-20-14-21(9-8-19(20)11-17)22-15-24(29)23(25(30)16-22)10-6-18-12-26(31)28(33-2)27(32)13-18/h3-4,12-13,15-17,19-21H,5,7-9,11,14H2,1-2H3/b4-3+. The lowest BCUT2D eigenvalue weighted by atomic mass is 9.64. The van der Waals surface area contributed by atoms with Crippen LogP contribution < -0.4 is 4.74 Å². The maximum Gasteiger partial charge on any atom is 0.190 e. The Hall–Kier alpha value is -2.74. The highest BCUT2D eigenvalue weighted by atomic mass is 19.1. The Balaban J connectivity index is 1.51. The Morgan fingerprint density at radius 3 is 2.09 bits per heavy atom. The third-order valence-corrected chi connectivity index (χ3v) is 7.19. The fourth-order valence-electron chi connectivity index (χ4n) is 5.58. The number of allylic oxidation sites excluding steroid dienone is 2. The summed E-state index contributed by atoms with van der Waals surface area (Å²) >= 11 is 0. The van der Waals surface area contributed by atoms with Crippen molar-refractivity contribution in [2.24, 2.45) is 17.8 Å². The van der Waals surface area contributed by atoms with E-state index in [0.29, 0.717) is 23.3 Å². The van der Waals surface area contributed by atoms with Gasteiger partial charge in [-0.2, -0.15) is 0 Å². The molecule has 4 unspecified atom stereocenters. The number of fused-ring (bicyclic) bond motifs is 1. The summed E-state index contributed by atoms with van der Waals surface area (Å²) in [4.78, 5) is 0. The van der Waals surface area contributed by atoms with Crippen molar-refractivity contribution in [3.8, 4) is 17.6 Å². The normalized spacial score (nSPS) is 24.8. The minimum atomic E-state index is -0.923. The molecule has 2 aliphatic rings. The first kappa shape index (κ1) is 23.4. The fourth-order valence-corrected chi connectivity index (χ4v) is 5.58. The van der Waals surface area contributed by atoms with Crippen LogP contribution in [0.5, 0.6) is 5.75 Å². The molecular formula is C28H28F4O. The van der Waals surface area contributed by atoms with Crippen LogP contribution in [0.25, 0.3) is 0 Å². The molecule has 33 heavy (non-hydrogen) atoms. The van der Waals surface area contributed by atoms with Crippen LogP contribution in [0.2, 0.25) is 0 Å². The molecule has 0 aromatic heterocycles. The first-order valence-electron chi connectivity index (χ1n) is 11.6. The summed E-state index contributed by atoms with van der Waals surface area (Å²) < 4.78 is 61.9. The maximum atomic E-state index is 14.8. The number of hydrogen-bond donors (Lipinski definition) is 0. The highest BCUT2D eigenvalue weighted by molar-refractivity contribution is 5.47. The summed E-state index contributed by atoms with van der Waals surface area (Å²) in [5, 5.41) is 0. The molecule has 0 aliphatic heterocycles. The molecule has 0 spiro atoms. The lowest BCUT2D eigenvalue weighted by molar-refractivity contribution is 0.133. The fraction of sp³-hybridized carbons (Fsp3) is 0.429. The number of rotatable bonds is 3. The lowest BCUT2D eigenvalue weighted by Crippen LogP contribution is -2.30. The van der Waals surface area contributed by atoms with Gasteiger partial charge in [0, 0.05) is 5.56 Å². The Bertz CT molecular complexity index is 1060. The molecule has 174 valence electrons. The van der Waals surface area contributed by atoms with Crippen LogP contribution in [0.4, 0.5) is 17.6 Å². The minimum absolute atomic E-state index is 0.0273. The van der Waals surface area contributed by atoms with Crippen molar-refractivity contribution in [1.82, 2.24) is 0 Å². The zero-order valence-electron chi connectivity index (χ0n) is 18.9. The van der Waals surface area contributed by atoms with Crippen LogP contribution in [0.15, 0.2) is 36.4 Å². The molecule has 1 nitrogen and oxygen atoms in total. The van der Waals surface area contributed by atoms with E-state index in [-0.39, 0.29) is 11.5 Å². The zero-order chi connectivity index (χ0) is 23.5. The molecule has 0 bridgehead atoms. The van der Waals surface area contributed by atoms with Crippen molar-refractivity contribution < 1.29 is 22.3 Å². The number of benzene rings is 2. The lowest BCUT2D eigenvalue weighted by Gasteiger charge is -2.41.